The summed E-state index contributed by atoms with van der Waals surface area (Å²) < 4.78 is 5.38. The molecule has 4 heteroatoms. The Kier molecular flexibility index (Phi) is 3.81. The first-order valence-corrected chi connectivity index (χ1v) is 7.81. The maximum atomic E-state index is 6.23. The van der Waals surface area contributed by atoms with Crippen molar-refractivity contribution in [2.24, 2.45) is 5.73 Å². The Hall–Kier alpha value is -1.68. The normalized spacial score (nSPS) is 18.2. The number of aromatic nitrogens is 2. The fourth-order valence-electron chi connectivity index (χ4n) is 2.78. The minimum absolute atomic E-state index is 0.340. The van der Waals surface area contributed by atoms with Crippen molar-refractivity contribution in [3.63, 3.8) is 0 Å². The lowest BCUT2D eigenvalue weighted by atomic mass is 9.77. The van der Waals surface area contributed by atoms with Crippen LogP contribution >= 0.6 is 0 Å². The summed E-state index contributed by atoms with van der Waals surface area (Å²) in [5, 5.41) is 4.07. The number of aryl methyl sites for hydroxylation is 1. The Labute approximate surface area is 125 Å². The highest BCUT2D eigenvalue weighted by Crippen LogP contribution is 2.37. The maximum absolute atomic E-state index is 6.23. The second-order valence-corrected chi connectivity index (χ2v) is 6.22. The summed E-state index contributed by atoms with van der Waals surface area (Å²) in [5.41, 5.74) is 8.55. The van der Waals surface area contributed by atoms with Crippen molar-refractivity contribution in [3.05, 3.63) is 47.1 Å². The number of benzene rings is 1. The second-order valence-electron chi connectivity index (χ2n) is 6.22. The first-order valence-electron chi connectivity index (χ1n) is 7.81. The quantitative estimate of drug-likeness (QED) is 0.915. The highest BCUT2D eigenvalue weighted by atomic mass is 16.5. The van der Waals surface area contributed by atoms with Crippen LogP contribution < -0.4 is 5.73 Å². The number of nitrogens with two attached hydrogens (primary N) is 1. The lowest BCUT2D eigenvalue weighted by Crippen LogP contribution is -2.44. The van der Waals surface area contributed by atoms with E-state index in [9.17, 15) is 0 Å². The molecule has 2 N–H and O–H groups in total. The monoisotopic (exact) mass is 285 g/mol. The van der Waals surface area contributed by atoms with Crippen molar-refractivity contribution in [1.29, 1.82) is 0 Å². The zero-order chi connectivity index (χ0) is 14.9. The highest BCUT2D eigenvalue weighted by Gasteiger charge is 2.39. The molecule has 1 saturated carbocycles. The summed E-state index contributed by atoms with van der Waals surface area (Å²) in [7, 11) is 0. The summed E-state index contributed by atoms with van der Waals surface area (Å²) in [6.07, 6.45) is 4.90. The molecule has 112 valence electrons. The van der Waals surface area contributed by atoms with Gasteiger partial charge in [-0.2, -0.15) is 4.98 Å². The van der Waals surface area contributed by atoms with Gasteiger partial charge in [-0.15, -0.1) is 0 Å². The van der Waals surface area contributed by atoms with Gasteiger partial charge in [0.15, 0.2) is 5.82 Å². The maximum Gasteiger partial charge on any atom is 0.227 e. The Balaban J connectivity index is 1.68. The second kappa shape index (κ2) is 5.60. The largest absolute Gasteiger partial charge is 0.339 e. The summed E-state index contributed by atoms with van der Waals surface area (Å²) in [6, 6.07) is 8.76. The summed E-state index contributed by atoms with van der Waals surface area (Å²) in [5.74, 6) is 1.73. The molecule has 1 aliphatic rings. The van der Waals surface area contributed by atoms with Gasteiger partial charge in [0.05, 0.1) is 5.54 Å². The molecular weight excluding hydrogens is 262 g/mol. The number of rotatable bonds is 5. The van der Waals surface area contributed by atoms with Gasteiger partial charge in [0.1, 0.15) is 0 Å². The average Bonchev–Trinajstić information content (AvgIpc) is 2.93. The molecule has 0 amide bonds. The molecule has 0 radical (unpaired) electrons. The van der Waals surface area contributed by atoms with Gasteiger partial charge < -0.3 is 10.3 Å². The molecule has 1 fully saturated rings. The Morgan fingerprint density at radius 1 is 1.29 bits per heavy atom. The number of hydrogen-bond acceptors (Lipinski definition) is 4. The van der Waals surface area contributed by atoms with Crippen molar-refractivity contribution in [2.75, 3.05) is 0 Å². The van der Waals surface area contributed by atoms with Crippen LogP contribution in [0.25, 0.3) is 0 Å². The number of hydrogen-bond donors (Lipinski definition) is 1. The summed E-state index contributed by atoms with van der Waals surface area (Å²) in [4.78, 5) is 4.50. The smallest absolute Gasteiger partial charge is 0.227 e. The van der Waals surface area contributed by atoms with E-state index in [1.165, 1.54) is 11.1 Å². The van der Waals surface area contributed by atoms with E-state index < -0.39 is 0 Å². The van der Waals surface area contributed by atoms with Crippen LogP contribution in [0.1, 0.15) is 61.9 Å². The molecule has 3 rings (SSSR count). The van der Waals surface area contributed by atoms with Crippen LogP contribution in [0.5, 0.6) is 0 Å². The van der Waals surface area contributed by atoms with Crippen molar-refractivity contribution in [1.82, 2.24) is 10.1 Å². The van der Waals surface area contributed by atoms with Crippen LogP contribution in [0.4, 0.5) is 0 Å². The van der Waals surface area contributed by atoms with E-state index in [1.807, 2.05) is 0 Å². The molecule has 1 heterocycles. The Morgan fingerprint density at radius 2 is 2.00 bits per heavy atom. The lowest BCUT2D eigenvalue weighted by Gasteiger charge is -2.34. The van der Waals surface area contributed by atoms with Gasteiger partial charge in [0.25, 0.3) is 0 Å². The summed E-state index contributed by atoms with van der Waals surface area (Å²) in [6.45, 7) is 4.36. The molecule has 0 spiro atoms. The number of nitrogens with zero attached hydrogens (tertiary/aromatic N) is 2. The van der Waals surface area contributed by atoms with E-state index >= 15 is 0 Å². The fourth-order valence-corrected chi connectivity index (χ4v) is 2.78. The van der Waals surface area contributed by atoms with Gasteiger partial charge in [0.2, 0.25) is 5.89 Å². The lowest BCUT2D eigenvalue weighted by molar-refractivity contribution is 0.229. The van der Waals surface area contributed by atoms with Crippen LogP contribution in [0, 0.1) is 0 Å². The van der Waals surface area contributed by atoms with Crippen molar-refractivity contribution < 1.29 is 4.52 Å². The Bertz CT molecular complexity index is 599. The van der Waals surface area contributed by atoms with E-state index in [4.69, 9.17) is 10.3 Å². The third-order valence-electron chi connectivity index (χ3n) is 4.60. The average molecular weight is 285 g/mol. The molecule has 1 aromatic heterocycles. The predicted octanol–water partition coefficient (Wildman–Crippen LogP) is 3.32. The van der Waals surface area contributed by atoms with Crippen LogP contribution in [0.2, 0.25) is 0 Å². The third kappa shape index (κ3) is 2.86. The zero-order valence-corrected chi connectivity index (χ0v) is 12.8. The molecule has 2 aromatic rings. The van der Waals surface area contributed by atoms with E-state index in [0.717, 1.165) is 32.1 Å². The van der Waals surface area contributed by atoms with Crippen LogP contribution in [-0.4, -0.2) is 10.1 Å². The van der Waals surface area contributed by atoms with E-state index in [-0.39, 0.29) is 5.54 Å². The standard InChI is InChI=1S/C17H23N3O/c1-3-13-5-7-14(8-6-13)12(2)11-15-19-16(20-21-15)17(18)9-4-10-17/h5-8,12H,3-4,9-11,18H2,1-2H3. The minimum Gasteiger partial charge on any atom is -0.339 e. The molecule has 0 bridgehead atoms. The first-order chi connectivity index (χ1) is 10.1. The van der Waals surface area contributed by atoms with Gasteiger partial charge in [-0.25, -0.2) is 0 Å². The Morgan fingerprint density at radius 3 is 2.57 bits per heavy atom. The van der Waals surface area contributed by atoms with Crippen LogP contribution in [0.15, 0.2) is 28.8 Å². The molecule has 0 aliphatic heterocycles. The van der Waals surface area contributed by atoms with Crippen LogP contribution in [0.3, 0.4) is 0 Å². The van der Waals surface area contributed by atoms with Gasteiger partial charge >= 0.3 is 0 Å². The molecule has 1 unspecified atom stereocenters. The van der Waals surface area contributed by atoms with Crippen molar-refractivity contribution in [3.8, 4) is 0 Å². The van der Waals surface area contributed by atoms with Crippen molar-refractivity contribution in [2.45, 2.75) is 57.4 Å². The highest BCUT2D eigenvalue weighted by molar-refractivity contribution is 5.25. The fraction of sp³-hybridized carbons (Fsp3) is 0.529. The van der Waals surface area contributed by atoms with Gasteiger partial charge in [-0.1, -0.05) is 43.3 Å². The van der Waals surface area contributed by atoms with Crippen molar-refractivity contribution >= 4 is 0 Å². The minimum atomic E-state index is -0.340. The third-order valence-corrected chi connectivity index (χ3v) is 4.60. The van der Waals surface area contributed by atoms with E-state index in [1.54, 1.807) is 0 Å². The topological polar surface area (TPSA) is 64.9 Å². The molecule has 0 saturated heterocycles. The molecule has 1 aromatic carbocycles. The van der Waals surface area contributed by atoms with Gasteiger partial charge in [-0.3, -0.25) is 0 Å². The molecule has 21 heavy (non-hydrogen) atoms. The van der Waals surface area contributed by atoms with Gasteiger partial charge in [-0.05, 0) is 42.7 Å². The zero-order valence-electron chi connectivity index (χ0n) is 12.8. The predicted molar refractivity (Wildman–Crippen MR) is 82.0 cm³/mol. The van der Waals surface area contributed by atoms with Gasteiger partial charge in [0, 0.05) is 6.42 Å². The van der Waals surface area contributed by atoms with E-state index in [2.05, 4.69) is 48.3 Å². The molecule has 1 aliphatic carbocycles. The van der Waals surface area contributed by atoms with E-state index in [0.29, 0.717) is 17.6 Å². The van der Waals surface area contributed by atoms with Crippen LogP contribution in [-0.2, 0) is 18.4 Å². The summed E-state index contributed by atoms with van der Waals surface area (Å²) >= 11 is 0. The molecule has 1 atom stereocenters. The molecular formula is C17H23N3O. The molecule has 4 nitrogen and oxygen atoms in total. The SMILES string of the molecule is CCc1ccc(C(C)Cc2nc(C3(N)CCC3)no2)cc1. The first kappa shape index (κ1) is 14.3.